The fourth-order valence-corrected chi connectivity index (χ4v) is 1.83. The van der Waals surface area contributed by atoms with Crippen molar-refractivity contribution >= 4 is 0 Å². The largest absolute Gasteiger partial charge is 0.311 e. The average molecular weight is 265 g/mol. The van der Waals surface area contributed by atoms with Gasteiger partial charge in [0.05, 0.1) is 5.69 Å². The predicted octanol–water partition coefficient (Wildman–Crippen LogP) is 3.16. The first kappa shape index (κ1) is 13.7. The number of nitrogens with zero attached hydrogens (tertiary/aromatic N) is 1. The summed E-state index contributed by atoms with van der Waals surface area (Å²) < 4.78 is 27.3. The fraction of sp³-hybridized carbons (Fsp3) is 0.357. The maximum absolute atomic E-state index is 13.8. The molecular weight excluding hydrogens is 248 g/mol. The van der Waals surface area contributed by atoms with E-state index < -0.39 is 11.6 Å². The highest BCUT2D eigenvalue weighted by Gasteiger charge is 2.12. The molecular formula is C14H17F2N3. The number of aromatic nitrogens is 2. The van der Waals surface area contributed by atoms with Gasteiger partial charge in [-0.05, 0) is 43.7 Å². The van der Waals surface area contributed by atoms with Crippen LogP contribution in [0.1, 0.15) is 24.6 Å². The zero-order valence-electron chi connectivity index (χ0n) is 11.1. The van der Waals surface area contributed by atoms with E-state index in [0.717, 1.165) is 18.7 Å². The standard InChI is InChI=1S/C14H17F2N3/c1-3-4-17-8-10-6-14(19-18-10)11-7-12(15)9(2)5-13(11)16/h5-7,17H,3-4,8H2,1-2H3,(H,18,19). The van der Waals surface area contributed by atoms with E-state index in [1.807, 2.05) is 0 Å². The highest BCUT2D eigenvalue weighted by Crippen LogP contribution is 2.24. The average Bonchev–Trinajstić information content (AvgIpc) is 2.83. The first-order valence-corrected chi connectivity index (χ1v) is 6.32. The topological polar surface area (TPSA) is 40.7 Å². The van der Waals surface area contributed by atoms with Gasteiger partial charge in [-0.3, -0.25) is 5.10 Å². The number of benzene rings is 1. The molecule has 2 rings (SSSR count). The molecule has 0 fully saturated rings. The van der Waals surface area contributed by atoms with E-state index in [1.54, 1.807) is 6.07 Å². The van der Waals surface area contributed by atoms with E-state index >= 15 is 0 Å². The van der Waals surface area contributed by atoms with Crippen LogP contribution in [-0.4, -0.2) is 16.7 Å². The molecule has 0 aliphatic rings. The lowest BCUT2D eigenvalue weighted by molar-refractivity contribution is 0.594. The van der Waals surface area contributed by atoms with Gasteiger partial charge in [0.25, 0.3) is 0 Å². The Kier molecular flexibility index (Phi) is 4.27. The lowest BCUT2D eigenvalue weighted by atomic mass is 10.1. The fourth-order valence-electron chi connectivity index (χ4n) is 1.83. The van der Waals surface area contributed by atoms with E-state index in [0.29, 0.717) is 17.8 Å². The van der Waals surface area contributed by atoms with Gasteiger partial charge >= 0.3 is 0 Å². The molecule has 1 aromatic heterocycles. The summed E-state index contributed by atoms with van der Waals surface area (Å²) >= 11 is 0. The molecule has 0 aliphatic carbocycles. The maximum Gasteiger partial charge on any atom is 0.133 e. The van der Waals surface area contributed by atoms with Crippen molar-refractivity contribution in [3.63, 3.8) is 0 Å². The Balaban J connectivity index is 2.20. The maximum atomic E-state index is 13.8. The second kappa shape index (κ2) is 5.93. The van der Waals surface area contributed by atoms with Gasteiger partial charge in [0.15, 0.2) is 0 Å². The summed E-state index contributed by atoms with van der Waals surface area (Å²) in [6, 6.07) is 4.11. The Morgan fingerprint density at radius 1 is 1.21 bits per heavy atom. The first-order valence-electron chi connectivity index (χ1n) is 6.32. The van der Waals surface area contributed by atoms with E-state index in [9.17, 15) is 8.78 Å². The van der Waals surface area contributed by atoms with E-state index in [-0.39, 0.29) is 5.56 Å². The number of hydrogen-bond donors (Lipinski definition) is 2. The molecule has 0 bridgehead atoms. The summed E-state index contributed by atoms with van der Waals surface area (Å²) in [5.41, 5.74) is 1.75. The van der Waals surface area contributed by atoms with Crippen molar-refractivity contribution in [1.82, 2.24) is 15.5 Å². The van der Waals surface area contributed by atoms with Crippen LogP contribution in [0.25, 0.3) is 11.3 Å². The molecule has 19 heavy (non-hydrogen) atoms. The van der Waals surface area contributed by atoms with E-state index in [4.69, 9.17) is 0 Å². The van der Waals surface area contributed by atoms with Crippen molar-refractivity contribution in [3.8, 4) is 11.3 Å². The van der Waals surface area contributed by atoms with Gasteiger partial charge < -0.3 is 5.32 Å². The zero-order valence-corrected chi connectivity index (χ0v) is 11.1. The molecule has 1 aromatic carbocycles. The first-order chi connectivity index (χ1) is 9.11. The molecule has 0 amide bonds. The van der Waals surface area contributed by atoms with Crippen LogP contribution in [0.4, 0.5) is 8.78 Å². The van der Waals surface area contributed by atoms with Crippen LogP contribution < -0.4 is 5.32 Å². The molecule has 0 radical (unpaired) electrons. The molecule has 5 heteroatoms. The molecule has 1 heterocycles. The SMILES string of the molecule is CCCNCc1cc(-c2cc(F)c(C)cc2F)n[nH]1. The number of halogens is 2. The van der Waals surface area contributed by atoms with E-state index in [2.05, 4.69) is 22.4 Å². The lowest BCUT2D eigenvalue weighted by Gasteiger charge is -2.02. The Morgan fingerprint density at radius 2 is 2.00 bits per heavy atom. The molecule has 0 unspecified atom stereocenters. The summed E-state index contributed by atoms with van der Waals surface area (Å²) in [5, 5.41) is 10.1. The third-order valence-electron chi connectivity index (χ3n) is 2.90. The van der Waals surface area contributed by atoms with Crippen molar-refractivity contribution in [2.24, 2.45) is 0 Å². The number of nitrogens with one attached hydrogen (secondary N) is 2. The van der Waals surface area contributed by atoms with Gasteiger partial charge in [0, 0.05) is 17.8 Å². The number of hydrogen-bond acceptors (Lipinski definition) is 2. The molecule has 2 N–H and O–H groups in total. The van der Waals surface area contributed by atoms with Crippen LogP contribution in [0.2, 0.25) is 0 Å². The second-order valence-electron chi connectivity index (χ2n) is 4.54. The third-order valence-corrected chi connectivity index (χ3v) is 2.90. The minimum absolute atomic E-state index is 0.182. The number of H-pyrrole nitrogens is 1. The number of aryl methyl sites for hydroxylation is 1. The Bertz CT molecular complexity index is 564. The molecule has 0 saturated carbocycles. The van der Waals surface area contributed by atoms with Crippen LogP contribution in [0, 0.1) is 18.6 Å². The molecule has 3 nitrogen and oxygen atoms in total. The summed E-state index contributed by atoms with van der Waals surface area (Å²) in [5.74, 6) is -0.886. The predicted molar refractivity (Wildman–Crippen MR) is 70.7 cm³/mol. The van der Waals surface area contributed by atoms with Crippen molar-refractivity contribution in [2.45, 2.75) is 26.8 Å². The smallest absolute Gasteiger partial charge is 0.133 e. The molecule has 102 valence electrons. The van der Waals surface area contributed by atoms with Crippen molar-refractivity contribution < 1.29 is 8.78 Å². The van der Waals surface area contributed by atoms with Crippen molar-refractivity contribution in [3.05, 3.63) is 41.1 Å². The highest BCUT2D eigenvalue weighted by molar-refractivity contribution is 5.60. The Morgan fingerprint density at radius 3 is 2.74 bits per heavy atom. The van der Waals surface area contributed by atoms with Gasteiger partial charge in [-0.2, -0.15) is 5.10 Å². The van der Waals surface area contributed by atoms with Gasteiger partial charge in [0.2, 0.25) is 0 Å². The van der Waals surface area contributed by atoms with Crippen molar-refractivity contribution in [2.75, 3.05) is 6.54 Å². The van der Waals surface area contributed by atoms with Gasteiger partial charge in [0.1, 0.15) is 11.6 Å². The minimum atomic E-state index is -0.460. The Labute approximate surface area is 111 Å². The minimum Gasteiger partial charge on any atom is -0.311 e. The van der Waals surface area contributed by atoms with Crippen LogP contribution in [0.15, 0.2) is 18.2 Å². The molecule has 0 saturated heterocycles. The highest BCUT2D eigenvalue weighted by atomic mass is 19.1. The number of rotatable bonds is 5. The van der Waals surface area contributed by atoms with Crippen molar-refractivity contribution in [1.29, 1.82) is 0 Å². The molecule has 0 atom stereocenters. The van der Waals surface area contributed by atoms with Gasteiger partial charge in [-0.1, -0.05) is 6.92 Å². The van der Waals surface area contributed by atoms with E-state index in [1.165, 1.54) is 19.1 Å². The van der Waals surface area contributed by atoms with Gasteiger partial charge in [-0.25, -0.2) is 8.78 Å². The monoisotopic (exact) mass is 265 g/mol. The summed E-state index contributed by atoms with van der Waals surface area (Å²) in [6.07, 6.45) is 1.04. The Hall–Kier alpha value is -1.75. The molecule has 0 aliphatic heterocycles. The van der Waals surface area contributed by atoms with Crippen LogP contribution >= 0.6 is 0 Å². The summed E-state index contributed by atoms with van der Waals surface area (Å²) in [7, 11) is 0. The second-order valence-corrected chi connectivity index (χ2v) is 4.54. The zero-order chi connectivity index (χ0) is 13.8. The van der Waals surface area contributed by atoms with Crippen LogP contribution in [0.3, 0.4) is 0 Å². The quantitative estimate of drug-likeness (QED) is 0.815. The molecule has 2 aromatic rings. The number of aromatic amines is 1. The van der Waals surface area contributed by atoms with Crippen LogP contribution in [-0.2, 0) is 6.54 Å². The normalized spacial score (nSPS) is 10.9. The lowest BCUT2D eigenvalue weighted by Crippen LogP contribution is -2.13. The molecule has 0 spiro atoms. The summed E-state index contributed by atoms with van der Waals surface area (Å²) in [4.78, 5) is 0. The van der Waals surface area contributed by atoms with Gasteiger partial charge in [-0.15, -0.1) is 0 Å². The van der Waals surface area contributed by atoms with Crippen LogP contribution in [0.5, 0.6) is 0 Å². The third kappa shape index (κ3) is 3.17. The summed E-state index contributed by atoms with van der Waals surface area (Å²) in [6.45, 7) is 5.15.